The molecule has 0 bridgehead atoms. The predicted molar refractivity (Wildman–Crippen MR) is 120 cm³/mol. The van der Waals surface area contributed by atoms with Crippen molar-refractivity contribution in [1.29, 1.82) is 0 Å². The second-order valence-corrected chi connectivity index (χ2v) is 7.61. The Labute approximate surface area is 189 Å². The van der Waals surface area contributed by atoms with Gasteiger partial charge in [0.15, 0.2) is 18.2 Å². The predicted octanol–water partition coefficient (Wildman–Crippen LogP) is 4.24. The van der Waals surface area contributed by atoms with Gasteiger partial charge in [-0.15, -0.1) is 0 Å². The Kier molecular flexibility index (Phi) is 8.36. The number of hydrogen-bond donors (Lipinski definition) is 1. The Hall–Kier alpha value is -2.52. The molecule has 1 aliphatic heterocycles. The zero-order valence-electron chi connectivity index (χ0n) is 17.6. The maximum atomic E-state index is 13.9. The van der Waals surface area contributed by atoms with Crippen LogP contribution in [-0.4, -0.2) is 52.0 Å². The third-order valence-electron chi connectivity index (χ3n) is 4.54. The van der Waals surface area contributed by atoms with Gasteiger partial charge >= 0.3 is 0 Å². The Morgan fingerprint density at radius 1 is 1.06 bits per heavy atom. The van der Waals surface area contributed by atoms with Gasteiger partial charge in [0.1, 0.15) is 11.5 Å². The molecular weight excluding hydrogens is 471 g/mol. The monoisotopic (exact) mass is 496 g/mol. The van der Waals surface area contributed by atoms with Gasteiger partial charge in [0, 0.05) is 29.7 Å². The van der Waals surface area contributed by atoms with Gasteiger partial charge in [-0.05, 0) is 32.0 Å². The van der Waals surface area contributed by atoms with Crippen molar-refractivity contribution < 1.29 is 28.1 Å². The van der Waals surface area contributed by atoms with Crippen molar-refractivity contribution in [2.45, 2.75) is 13.8 Å². The van der Waals surface area contributed by atoms with Crippen molar-refractivity contribution >= 4 is 33.2 Å². The minimum Gasteiger partial charge on any atom is -0.492 e. The average molecular weight is 497 g/mol. The summed E-state index contributed by atoms with van der Waals surface area (Å²) in [6.07, 6.45) is 0. The van der Waals surface area contributed by atoms with Gasteiger partial charge in [-0.1, -0.05) is 15.9 Å². The lowest BCUT2D eigenvalue weighted by molar-refractivity contribution is -0.118. The third-order valence-corrected chi connectivity index (χ3v) is 5.03. The van der Waals surface area contributed by atoms with Gasteiger partial charge in [-0.25, -0.2) is 4.39 Å². The molecular formula is C22H26BrFN2O5. The summed E-state index contributed by atoms with van der Waals surface area (Å²) in [6.45, 7) is 7.09. The number of benzene rings is 2. The van der Waals surface area contributed by atoms with Gasteiger partial charge in [0.25, 0.3) is 5.91 Å². The molecule has 1 saturated heterocycles. The highest BCUT2D eigenvalue weighted by Crippen LogP contribution is 2.39. The average Bonchev–Trinajstić information content (AvgIpc) is 2.75. The van der Waals surface area contributed by atoms with Gasteiger partial charge in [0.05, 0.1) is 37.8 Å². The summed E-state index contributed by atoms with van der Waals surface area (Å²) in [4.78, 5) is 14.7. The number of anilines is 2. The standard InChI is InChI=1S/C22H26BrFN2O5/c1-3-29-20-13-18(26-7-9-28-10-8-26)21(30-4-2)12-17(20)25-22(27)14-31-19-6-5-15(23)11-16(19)24/h5-6,11-13H,3-4,7-10,14H2,1-2H3,(H,25,27). The minimum absolute atomic E-state index is 0.000974. The van der Waals surface area contributed by atoms with E-state index in [1.54, 1.807) is 12.1 Å². The first-order valence-electron chi connectivity index (χ1n) is 10.2. The van der Waals surface area contributed by atoms with Crippen LogP contribution in [0.1, 0.15) is 13.8 Å². The molecule has 0 spiro atoms. The Bertz CT molecular complexity index is 906. The molecule has 0 aromatic heterocycles. The second kappa shape index (κ2) is 11.2. The summed E-state index contributed by atoms with van der Waals surface area (Å²) in [7, 11) is 0. The summed E-state index contributed by atoms with van der Waals surface area (Å²) in [5.74, 6) is 0.176. The molecule has 1 fully saturated rings. The van der Waals surface area contributed by atoms with Crippen LogP contribution in [0.3, 0.4) is 0 Å². The van der Waals surface area contributed by atoms with Crippen LogP contribution >= 0.6 is 15.9 Å². The molecule has 0 aliphatic carbocycles. The maximum absolute atomic E-state index is 13.9. The number of carbonyl (C=O) groups is 1. The summed E-state index contributed by atoms with van der Waals surface area (Å²) in [5, 5.41) is 2.78. The second-order valence-electron chi connectivity index (χ2n) is 6.69. The number of nitrogens with zero attached hydrogens (tertiary/aromatic N) is 1. The molecule has 3 rings (SSSR count). The quantitative estimate of drug-likeness (QED) is 0.559. The molecule has 1 N–H and O–H groups in total. The number of halogens is 2. The topological polar surface area (TPSA) is 69.3 Å². The molecule has 168 valence electrons. The fourth-order valence-corrected chi connectivity index (χ4v) is 3.50. The molecule has 1 amide bonds. The van der Waals surface area contributed by atoms with Crippen molar-refractivity contribution in [1.82, 2.24) is 0 Å². The van der Waals surface area contributed by atoms with Crippen LogP contribution in [-0.2, 0) is 9.53 Å². The molecule has 1 heterocycles. The van der Waals surface area contributed by atoms with Crippen LogP contribution in [0.15, 0.2) is 34.8 Å². The highest BCUT2D eigenvalue weighted by molar-refractivity contribution is 9.10. The van der Waals surface area contributed by atoms with E-state index in [1.165, 1.54) is 12.1 Å². The summed E-state index contributed by atoms with van der Waals surface area (Å²) < 4.78 is 36.9. The lowest BCUT2D eigenvalue weighted by atomic mass is 10.2. The number of morpholine rings is 1. The van der Waals surface area contributed by atoms with Gasteiger partial charge in [-0.3, -0.25) is 4.79 Å². The fraction of sp³-hybridized carbons (Fsp3) is 0.409. The van der Waals surface area contributed by atoms with E-state index >= 15 is 0 Å². The number of hydrogen-bond acceptors (Lipinski definition) is 6. The van der Waals surface area contributed by atoms with Crippen LogP contribution in [0.2, 0.25) is 0 Å². The molecule has 9 heteroatoms. The molecule has 0 saturated carbocycles. The van der Waals surface area contributed by atoms with Crippen LogP contribution in [0.5, 0.6) is 17.2 Å². The highest BCUT2D eigenvalue weighted by Gasteiger charge is 2.20. The van der Waals surface area contributed by atoms with Crippen LogP contribution in [0, 0.1) is 5.82 Å². The van der Waals surface area contributed by atoms with Crippen LogP contribution in [0.4, 0.5) is 15.8 Å². The summed E-state index contributed by atoms with van der Waals surface area (Å²) in [5.41, 5.74) is 1.35. The van der Waals surface area contributed by atoms with Crippen molar-refractivity contribution in [3.8, 4) is 17.2 Å². The van der Waals surface area contributed by atoms with E-state index in [0.717, 1.165) is 18.8 Å². The van der Waals surface area contributed by atoms with E-state index in [2.05, 4.69) is 26.1 Å². The summed E-state index contributed by atoms with van der Waals surface area (Å²) >= 11 is 3.19. The minimum atomic E-state index is -0.550. The number of rotatable bonds is 9. The summed E-state index contributed by atoms with van der Waals surface area (Å²) in [6, 6.07) is 7.99. The van der Waals surface area contributed by atoms with Crippen molar-refractivity contribution in [3.63, 3.8) is 0 Å². The smallest absolute Gasteiger partial charge is 0.262 e. The Balaban J connectivity index is 1.77. The first kappa shape index (κ1) is 23.1. The normalized spacial score (nSPS) is 13.6. The van der Waals surface area contributed by atoms with Crippen molar-refractivity contribution in [3.05, 3.63) is 40.6 Å². The third kappa shape index (κ3) is 6.24. The first-order valence-corrected chi connectivity index (χ1v) is 10.9. The molecule has 2 aromatic rings. The van der Waals surface area contributed by atoms with E-state index in [9.17, 15) is 9.18 Å². The largest absolute Gasteiger partial charge is 0.492 e. The molecule has 31 heavy (non-hydrogen) atoms. The number of nitrogens with one attached hydrogen (secondary N) is 1. The molecule has 0 radical (unpaired) electrons. The zero-order valence-corrected chi connectivity index (χ0v) is 19.2. The lowest BCUT2D eigenvalue weighted by Crippen LogP contribution is -2.36. The molecule has 0 unspecified atom stereocenters. The van der Waals surface area contributed by atoms with E-state index in [0.29, 0.717) is 48.1 Å². The SMILES string of the molecule is CCOc1cc(N2CCOCC2)c(OCC)cc1NC(=O)COc1ccc(Br)cc1F. The number of ether oxygens (including phenoxy) is 4. The lowest BCUT2D eigenvalue weighted by Gasteiger charge is -2.31. The van der Waals surface area contributed by atoms with E-state index in [-0.39, 0.29) is 12.4 Å². The van der Waals surface area contributed by atoms with Gasteiger partial charge in [0.2, 0.25) is 0 Å². The molecule has 1 aliphatic rings. The van der Waals surface area contributed by atoms with Gasteiger partial charge in [-0.2, -0.15) is 0 Å². The van der Waals surface area contributed by atoms with Crippen LogP contribution in [0.25, 0.3) is 0 Å². The molecule has 2 aromatic carbocycles. The van der Waals surface area contributed by atoms with E-state index < -0.39 is 11.7 Å². The Morgan fingerprint density at radius 3 is 2.45 bits per heavy atom. The van der Waals surface area contributed by atoms with Gasteiger partial charge < -0.3 is 29.2 Å². The molecule has 0 atom stereocenters. The first-order chi connectivity index (χ1) is 15.0. The molecule has 7 nitrogen and oxygen atoms in total. The number of carbonyl (C=O) groups excluding carboxylic acids is 1. The van der Waals surface area contributed by atoms with E-state index in [4.69, 9.17) is 18.9 Å². The Morgan fingerprint density at radius 2 is 1.77 bits per heavy atom. The zero-order chi connectivity index (χ0) is 22.2. The fourth-order valence-electron chi connectivity index (χ4n) is 3.17. The van der Waals surface area contributed by atoms with E-state index in [1.807, 2.05) is 19.9 Å². The highest BCUT2D eigenvalue weighted by atomic mass is 79.9. The number of amides is 1. The van der Waals surface area contributed by atoms with Crippen molar-refractivity contribution in [2.75, 3.05) is 56.3 Å². The maximum Gasteiger partial charge on any atom is 0.262 e. The van der Waals surface area contributed by atoms with Crippen molar-refractivity contribution in [2.24, 2.45) is 0 Å². The van der Waals surface area contributed by atoms with Crippen LogP contribution < -0.4 is 24.4 Å².